The summed E-state index contributed by atoms with van der Waals surface area (Å²) >= 11 is 0. The summed E-state index contributed by atoms with van der Waals surface area (Å²) in [6.07, 6.45) is 101. The van der Waals surface area contributed by atoms with Crippen LogP contribution < -0.4 is 0 Å². The van der Waals surface area contributed by atoms with Gasteiger partial charge in [0.1, 0.15) is 19.8 Å². The van der Waals surface area contributed by atoms with Gasteiger partial charge in [0, 0.05) is 12.8 Å². The Morgan fingerprint density at radius 2 is 0.620 bits per heavy atom. The first-order valence-electron chi connectivity index (χ1n) is 39.0. The monoisotopic (exact) mass is 1310 g/mol. The highest BCUT2D eigenvalue weighted by Gasteiger charge is 2.27. The molecule has 0 aliphatic heterocycles. The maximum atomic E-state index is 12.9. The number of unbranched alkanes of at least 4 members (excludes halogenated alkanes) is 42. The molecule has 0 bridgehead atoms. The first-order chi connectivity index (χ1) is 45.0. The van der Waals surface area contributed by atoms with Gasteiger partial charge in [-0.25, -0.2) is 4.57 Å². The van der Waals surface area contributed by atoms with E-state index in [4.69, 9.17) is 18.5 Å². The summed E-state index contributed by atoms with van der Waals surface area (Å²) < 4.78 is 34.8. The number of hydrogen-bond acceptors (Lipinski definition) is 7. The molecule has 0 saturated heterocycles. The van der Waals surface area contributed by atoms with Gasteiger partial charge in [0.25, 0.3) is 0 Å². The number of phosphoric ester groups is 1. The maximum Gasteiger partial charge on any atom is 0.472 e. The summed E-state index contributed by atoms with van der Waals surface area (Å²) in [5.41, 5.74) is 0. The maximum absolute atomic E-state index is 12.9. The molecule has 1 N–H and O–H groups in total. The van der Waals surface area contributed by atoms with Crippen molar-refractivity contribution in [1.82, 2.24) is 0 Å². The molecule has 0 amide bonds. The van der Waals surface area contributed by atoms with Crippen LogP contribution in [0.15, 0.2) is 97.2 Å². The van der Waals surface area contributed by atoms with Crippen molar-refractivity contribution in [3.8, 4) is 0 Å². The molecule has 2 unspecified atom stereocenters. The molecule has 0 radical (unpaired) electrons. The number of carbonyl (C=O) groups excluding carboxylic acids is 2. The zero-order valence-electron chi connectivity index (χ0n) is 61.0. The van der Waals surface area contributed by atoms with Crippen molar-refractivity contribution >= 4 is 19.8 Å². The third-order valence-electron chi connectivity index (χ3n) is 17.1. The quantitative estimate of drug-likeness (QED) is 0.0211. The minimum atomic E-state index is -4.40. The lowest BCUT2D eigenvalue weighted by molar-refractivity contribution is -0.870. The van der Waals surface area contributed by atoms with Gasteiger partial charge < -0.3 is 18.9 Å². The molecule has 92 heavy (non-hydrogen) atoms. The van der Waals surface area contributed by atoms with E-state index in [9.17, 15) is 19.0 Å². The van der Waals surface area contributed by atoms with Crippen LogP contribution in [0, 0.1) is 0 Å². The predicted octanol–water partition coefficient (Wildman–Crippen LogP) is 25.8. The van der Waals surface area contributed by atoms with E-state index in [0.29, 0.717) is 23.9 Å². The van der Waals surface area contributed by atoms with E-state index in [0.717, 1.165) is 83.5 Å². The second kappa shape index (κ2) is 72.2. The number of phosphoric acid groups is 1. The number of quaternary nitrogens is 1. The number of ether oxygens (including phenoxy) is 2. The Bertz CT molecular complexity index is 1880. The summed E-state index contributed by atoms with van der Waals surface area (Å²) in [6, 6.07) is 0. The lowest BCUT2D eigenvalue weighted by Crippen LogP contribution is -2.37. The molecule has 0 aliphatic carbocycles. The number of esters is 2. The van der Waals surface area contributed by atoms with Gasteiger partial charge in [0.2, 0.25) is 0 Å². The van der Waals surface area contributed by atoms with Crippen molar-refractivity contribution < 1.29 is 42.1 Å². The number of rotatable bonds is 72. The van der Waals surface area contributed by atoms with E-state index in [-0.39, 0.29) is 25.6 Å². The topological polar surface area (TPSA) is 108 Å². The van der Waals surface area contributed by atoms with Crippen LogP contribution >= 0.6 is 7.82 Å². The van der Waals surface area contributed by atoms with Gasteiger partial charge in [0.15, 0.2) is 6.10 Å². The first-order valence-corrected chi connectivity index (χ1v) is 40.5. The zero-order valence-corrected chi connectivity index (χ0v) is 61.9. The number of hydrogen-bond donors (Lipinski definition) is 1. The minimum Gasteiger partial charge on any atom is -0.462 e. The average molecular weight is 1310 g/mol. The Morgan fingerprint density at radius 3 is 0.935 bits per heavy atom. The van der Waals surface area contributed by atoms with Crippen molar-refractivity contribution in [2.45, 2.75) is 367 Å². The highest BCUT2D eigenvalue weighted by atomic mass is 31.2. The van der Waals surface area contributed by atoms with Gasteiger partial charge in [-0.3, -0.25) is 18.6 Å². The van der Waals surface area contributed by atoms with Gasteiger partial charge in [-0.05, 0) is 96.3 Å². The van der Waals surface area contributed by atoms with Crippen molar-refractivity contribution in [1.29, 1.82) is 0 Å². The molecule has 534 valence electrons. The number of nitrogens with zero attached hydrogens (tertiary/aromatic N) is 1. The van der Waals surface area contributed by atoms with Gasteiger partial charge in [-0.2, -0.15) is 0 Å². The summed E-state index contributed by atoms with van der Waals surface area (Å²) in [7, 11) is 1.49. The lowest BCUT2D eigenvalue weighted by atomic mass is 10.0. The van der Waals surface area contributed by atoms with Crippen molar-refractivity contribution in [2.75, 3.05) is 47.5 Å². The Balaban J connectivity index is 3.98. The second-order valence-corrected chi connectivity index (χ2v) is 28.8. The van der Waals surface area contributed by atoms with Crippen LogP contribution in [0.5, 0.6) is 0 Å². The fourth-order valence-corrected chi connectivity index (χ4v) is 11.9. The lowest BCUT2D eigenvalue weighted by Gasteiger charge is -2.24. The molecule has 0 spiro atoms. The fourth-order valence-electron chi connectivity index (χ4n) is 11.2. The molecule has 0 aromatic heterocycles. The first kappa shape index (κ1) is 88.9. The zero-order chi connectivity index (χ0) is 66.9. The van der Waals surface area contributed by atoms with E-state index in [1.165, 1.54) is 244 Å². The number of carbonyl (C=O) groups is 2. The SMILES string of the molecule is CC/C=C\C/C=C\C/C=C\C/C=C\C/C=C\C/C=C\C/C=C\CCCCCCCCCCCCCCCCCC(=O)OC(COC(=O)CCCCCCCCCCCCCCCCCCCCC/C=C\CCCCCCCCCC)COP(=O)(O)OCC[N+](C)(C)C. The summed E-state index contributed by atoms with van der Waals surface area (Å²) in [4.78, 5) is 36.0. The van der Waals surface area contributed by atoms with Crippen molar-refractivity contribution in [3.05, 3.63) is 97.2 Å². The van der Waals surface area contributed by atoms with Gasteiger partial charge in [0.05, 0.1) is 27.7 Å². The Kier molecular flexibility index (Phi) is 69.8. The van der Waals surface area contributed by atoms with E-state index < -0.39 is 26.5 Å². The molecule has 0 heterocycles. The standard InChI is InChI=1S/C82H148NO8P/c1-6-8-10-12-14-16-18-20-22-24-26-28-30-32-34-36-38-39-40-41-42-43-45-47-49-51-53-55-57-59-61-63-65-67-69-71-73-75-82(85)91-80(79-90-92(86,87)89-77-76-83(3,4)5)78-88-81(84)74-72-70-68-66-64-62-60-58-56-54-52-50-48-46-44-37-35-33-31-29-27-25-23-21-19-17-15-13-11-9-7-2/h8,10,14,16,20,22,25-28,32,34,38-39,41-42,80H,6-7,9,11-13,15,17-19,21,23-24,29-31,33,35-37,40,43-79H2,1-5H3/p+1/b10-8-,16-14-,22-20-,27-25-,28-26-,34-32-,39-38-,42-41-. The van der Waals surface area contributed by atoms with Crippen LogP contribution in [0.1, 0.15) is 361 Å². The molecule has 0 aromatic carbocycles. The molecular formula is C82H149NO8P+. The molecule has 0 aromatic rings. The Hall–Kier alpha value is -3.07. The molecule has 0 fully saturated rings. The Morgan fingerprint density at radius 1 is 0.348 bits per heavy atom. The number of allylic oxidation sites excluding steroid dienone is 16. The summed E-state index contributed by atoms with van der Waals surface area (Å²) in [5, 5.41) is 0. The van der Waals surface area contributed by atoms with Crippen molar-refractivity contribution in [2.24, 2.45) is 0 Å². The third-order valence-corrected chi connectivity index (χ3v) is 18.1. The van der Waals surface area contributed by atoms with Crippen LogP contribution in [-0.2, 0) is 32.7 Å². The molecule has 0 rings (SSSR count). The smallest absolute Gasteiger partial charge is 0.462 e. The van der Waals surface area contributed by atoms with Gasteiger partial charge >= 0.3 is 19.8 Å². The normalized spacial score (nSPS) is 13.6. The molecule has 10 heteroatoms. The van der Waals surface area contributed by atoms with Gasteiger partial charge in [-0.1, -0.05) is 349 Å². The second-order valence-electron chi connectivity index (χ2n) is 27.4. The van der Waals surface area contributed by atoms with Crippen LogP contribution in [0.2, 0.25) is 0 Å². The molecule has 0 aliphatic rings. The highest BCUT2D eigenvalue weighted by molar-refractivity contribution is 7.47. The van der Waals surface area contributed by atoms with Crippen LogP contribution in [0.3, 0.4) is 0 Å². The predicted molar refractivity (Wildman–Crippen MR) is 399 cm³/mol. The summed E-state index contributed by atoms with van der Waals surface area (Å²) in [6.45, 7) is 4.37. The van der Waals surface area contributed by atoms with E-state index in [2.05, 4.69) is 111 Å². The van der Waals surface area contributed by atoms with E-state index >= 15 is 0 Å². The fraction of sp³-hybridized carbons (Fsp3) is 0.780. The summed E-state index contributed by atoms with van der Waals surface area (Å²) in [5.74, 6) is -0.783. The largest absolute Gasteiger partial charge is 0.472 e. The van der Waals surface area contributed by atoms with Gasteiger partial charge in [-0.15, -0.1) is 0 Å². The van der Waals surface area contributed by atoms with Crippen LogP contribution in [-0.4, -0.2) is 74.9 Å². The van der Waals surface area contributed by atoms with Crippen LogP contribution in [0.4, 0.5) is 0 Å². The highest BCUT2D eigenvalue weighted by Crippen LogP contribution is 2.43. The van der Waals surface area contributed by atoms with Crippen LogP contribution in [0.25, 0.3) is 0 Å². The third kappa shape index (κ3) is 76.0. The number of likely N-dealkylation sites (N-methyl/N-ethyl adjacent to an activating group) is 1. The molecular weight excluding hydrogens is 1160 g/mol. The Labute approximate surface area is 570 Å². The molecule has 2 atom stereocenters. The average Bonchev–Trinajstić information content (AvgIpc) is 2.34. The molecule has 0 saturated carbocycles. The van der Waals surface area contributed by atoms with E-state index in [1.807, 2.05) is 21.1 Å². The van der Waals surface area contributed by atoms with E-state index in [1.54, 1.807) is 0 Å². The minimum absolute atomic E-state index is 0.0308. The molecule has 9 nitrogen and oxygen atoms in total. The van der Waals surface area contributed by atoms with Crippen molar-refractivity contribution in [3.63, 3.8) is 0 Å².